The van der Waals surface area contributed by atoms with E-state index in [0.29, 0.717) is 6.54 Å². The molecular formula is C18H35NO3Si. The van der Waals surface area contributed by atoms with Gasteiger partial charge in [0.2, 0.25) is 0 Å². The lowest BCUT2D eigenvalue weighted by Crippen LogP contribution is -2.52. The highest BCUT2D eigenvalue weighted by atomic mass is 28.4. The van der Waals surface area contributed by atoms with Crippen molar-refractivity contribution in [2.45, 2.75) is 90.3 Å². The second-order valence-electron chi connectivity index (χ2n) is 9.00. The fraction of sp³-hybridized carbons (Fsp3) is 0.833. The van der Waals surface area contributed by atoms with Crippen LogP contribution in [-0.2, 0) is 9.16 Å². The van der Waals surface area contributed by atoms with Crippen molar-refractivity contribution in [1.82, 2.24) is 4.90 Å². The van der Waals surface area contributed by atoms with E-state index in [0.717, 1.165) is 12.8 Å². The highest BCUT2D eigenvalue weighted by molar-refractivity contribution is 6.74. The molecule has 23 heavy (non-hydrogen) atoms. The summed E-state index contributed by atoms with van der Waals surface area (Å²) in [6.07, 6.45) is 3.43. The third-order valence-corrected chi connectivity index (χ3v) is 9.30. The van der Waals surface area contributed by atoms with Crippen LogP contribution in [-0.4, -0.2) is 43.6 Å². The van der Waals surface area contributed by atoms with Crippen LogP contribution in [0.3, 0.4) is 0 Å². The number of carbonyl (C=O) groups is 1. The summed E-state index contributed by atoms with van der Waals surface area (Å²) in [6.45, 7) is 21.5. The van der Waals surface area contributed by atoms with Crippen molar-refractivity contribution in [2.75, 3.05) is 6.54 Å². The average molecular weight is 342 g/mol. The molecule has 2 atom stereocenters. The first-order chi connectivity index (χ1) is 10.3. The molecule has 134 valence electrons. The summed E-state index contributed by atoms with van der Waals surface area (Å²) in [5.41, 5.74) is -0.475. The molecule has 4 nitrogen and oxygen atoms in total. The van der Waals surface area contributed by atoms with Crippen molar-refractivity contribution in [1.29, 1.82) is 0 Å². The lowest BCUT2D eigenvalue weighted by molar-refractivity contribution is 0.00157. The fourth-order valence-electron chi connectivity index (χ4n) is 2.43. The molecule has 1 saturated heterocycles. The van der Waals surface area contributed by atoms with E-state index in [1.54, 1.807) is 4.90 Å². The number of piperidine rings is 1. The monoisotopic (exact) mass is 341 g/mol. The Morgan fingerprint density at radius 1 is 1.22 bits per heavy atom. The Hall–Kier alpha value is -0.813. The van der Waals surface area contributed by atoms with Crippen LogP contribution in [0.4, 0.5) is 4.79 Å². The number of likely N-dealkylation sites (tertiary alicyclic amines) is 1. The molecule has 0 spiro atoms. The Morgan fingerprint density at radius 2 is 1.78 bits per heavy atom. The van der Waals surface area contributed by atoms with Gasteiger partial charge in [0.25, 0.3) is 0 Å². The smallest absolute Gasteiger partial charge is 0.410 e. The summed E-state index contributed by atoms with van der Waals surface area (Å²) in [5.74, 6) is 0. The van der Waals surface area contributed by atoms with E-state index in [2.05, 4.69) is 40.4 Å². The first-order valence-electron chi connectivity index (χ1n) is 8.57. The number of ether oxygens (including phenoxy) is 1. The minimum atomic E-state index is -1.79. The molecule has 0 aromatic heterocycles. The van der Waals surface area contributed by atoms with Gasteiger partial charge in [0.1, 0.15) is 5.60 Å². The molecular weight excluding hydrogens is 306 g/mol. The van der Waals surface area contributed by atoms with E-state index in [1.807, 2.05) is 26.8 Å². The molecule has 0 N–H and O–H groups in total. The van der Waals surface area contributed by atoms with Crippen molar-refractivity contribution in [3.63, 3.8) is 0 Å². The summed E-state index contributed by atoms with van der Waals surface area (Å²) >= 11 is 0. The van der Waals surface area contributed by atoms with Gasteiger partial charge in [0.05, 0.1) is 6.04 Å². The molecule has 1 amide bonds. The van der Waals surface area contributed by atoms with E-state index in [9.17, 15) is 4.79 Å². The third kappa shape index (κ3) is 5.64. The van der Waals surface area contributed by atoms with Crippen LogP contribution < -0.4 is 0 Å². The zero-order valence-corrected chi connectivity index (χ0v) is 17.2. The van der Waals surface area contributed by atoms with Gasteiger partial charge in [-0.25, -0.2) is 4.79 Å². The SMILES string of the molecule is C=C[C@@H]1C[C@@H](O[Si](C)(C)C(C)(C)C)CCN1C(=O)OC(C)(C)C. The summed E-state index contributed by atoms with van der Waals surface area (Å²) in [6, 6.07) is -0.0200. The Morgan fingerprint density at radius 3 is 2.22 bits per heavy atom. The maximum Gasteiger partial charge on any atom is 0.410 e. The summed E-state index contributed by atoms with van der Waals surface area (Å²) in [7, 11) is -1.79. The predicted octanol–water partition coefficient (Wildman–Crippen LogP) is 4.96. The molecule has 1 heterocycles. The summed E-state index contributed by atoms with van der Waals surface area (Å²) in [4.78, 5) is 14.1. The van der Waals surface area contributed by atoms with Gasteiger partial charge in [-0.3, -0.25) is 0 Å². The molecule has 0 saturated carbocycles. The van der Waals surface area contributed by atoms with Gasteiger partial charge < -0.3 is 14.1 Å². The number of rotatable bonds is 3. The van der Waals surface area contributed by atoms with E-state index in [1.165, 1.54) is 0 Å². The highest BCUT2D eigenvalue weighted by Crippen LogP contribution is 2.39. The van der Waals surface area contributed by atoms with Crippen molar-refractivity contribution in [3.8, 4) is 0 Å². The van der Waals surface area contributed by atoms with Gasteiger partial charge in [-0.1, -0.05) is 26.8 Å². The van der Waals surface area contributed by atoms with Crippen LogP contribution in [0.5, 0.6) is 0 Å². The predicted molar refractivity (Wildman–Crippen MR) is 98.2 cm³/mol. The first-order valence-corrected chi connectivity index (χ1v) is 11.5. The van der Waals surface area contributed by atoms with Gasteiger partial charge in [-0.2, -0.15) is 0 Å². The van der Waals surface area contributed by atoms with Crippen LogP contribution in [0.15, 0.2) is 12.7 Å². The molecule has 5 heteroatoms. The zero-order valence-electron chi connectivity index (χ0n) is 16.2. The van der Waals surface area contributed by atoms with E-state index in [4.69, 9.17) is 9.16 Å². The van der Waals surface area contributed by atoms with Gasteiger partial charge in [-0.05, 0) is 51.7 Å². The zero-order chi connectivity index (χ0) is 18.1. The highest BCUT2D eigenvalue weighted by Gasteiger charge is 2.41. The topological polar surface area (TPSA) is 38.8 Å². The molecule has 1 aliphatic rings. The second-order valence-corrected chi connectivity index (χ2v) is 13.8. The Balaban J connectivity index is 2.73. The van der Waals surface area contributed by atoms with Crippen LogP contribution in [0.25, 0.3) is 0 Å². The van der Waals surface area contributed by atoms with Crippen LogP contribution in [0.2, 0.25) is 18.1 Å². The van der Waals surface area contributed by atoms with Crippen molar-refractivity contribution in [3.05, 3.63) is 12.7 Å². The first kappa shape index (κ1) is 20.2. The molecule has 0 aromatic carbocycles. The molecule has 0 aliphatic carbocycles. The Kier molecular flexibility index (Phi) is 6.13. The van der Waals surface area contributed by atoms with Crippen molar-refractivity contribution < 1.29 is 14.0 Å². The number of amides is 1. The molecule has 0 radical (unpaired) electrons. The third-order valence-electron chi connectivity index (χ3n) is 4.76. The standard InChI is InChI=1S/C18H35NO3Si/c1-10-14-13-15(22-23(8,9)18(5,6)7)11-12-19(14)16(20)21-17(2,3)4/h10,14-15H,1,11-13H2,2-9H3/t14-,15+/m1/s1. The second kappa shape index (κ2) is 6.97. The quantitative estimate of drug-likeness (QED) is 0.538. The summed E-state index contributed by atoms with van der Waals surface area (Å²) in [5, 5.41) is 0.193. The van der Waals surface area contributed by atoms with Crippen molar-refractivity contribution in [2.24, 2.45) is 0 Å². The molecule has 1 rings (SSSR count). The van der Waals surface area contributed by atoms with Gasteiger partial charge in [0, 0.05) is 12.6 Å². The lowest BCUT2D eigenvalue weighted by atomic mass is 10.00. The minimum Gasteiger partial charge on any atom is -0.444 e. The number of carbonyl (C=O) groups excluding carboxylic acids is 1. The van der Waals surface area contributed by atoms with E-state index in [-0.39, 0.29) is 23.3 Å². The average Bonchev–Trinajstić information content (AvgIpc) is 2.34. The largest absolute Gasteiger partial charge is 0.444 e. The minimum absolute atomic E-state index is 0.0200. The molecule has 1 fully saturated rings. The Bertz CT molecular complexity index is 435. The fourth-order valence-corrected chi connectivity index (χ4v) is 3.84. The van der Waals surface area contributed by atoms with Gasteiger partial charge >= 0.3 is 6.09 Å². The van der Waals surface area contributed by atoms with E-state index < -0.39 is 13.9 Å². The summed E-state index contributed by atoms with van der Waals surface area (Å²) < 4.78 is 12.0. The van der Waals surface area contributed by atoms with Crippen molar-refractivity contribution >= 4 is 14.4 Å². The van der Waals surface area contributed by atoms with Crippen LogP contribution in [0.1, 0.15) is 54.4 Å². The number of hydrogen-bond acceptors (Lipinski definition) is 3. The molecule has 0 bridgehead atoms. The van der Waals surface area contributed by atoms with E-state index >= 15 is 0 Å². The van der Waals surface area contributed by atoms with Gasteiger partial charge in [-0.15, -0.1) is 6.58 Å². The maximum absolute atomic E-state index is 12.4. The molecule has 0 aromatic rings. The maximum atomic E-state index is 12.4. The van der Waals surface area contributed by atoms with Crippen LogP contribution >= 0.6 is 0 Å². The molecule has 1 aliphatic heterocycles. The van der Waals surface area contributed by atoms with Gasteiger partial charge in [0.15, 0.2) is 8.32 Å². The number of hydrogen-bond donors (Lipinski definition) is 0. The normalized spacial score (nSPS) is 23.6. The lowest BCUT2D eigenvalue weighted by Gasteiger charge is -2.44. The Labute approximate surface area is 143 Å². The molecule has 0 unspecified atom stereocenters. The van der Waals surface area contributed by atoms with Crippen LogP contribution in [0, 0.1) is 0 Å². The number of nitrogens with zero attached hydrogens (tertiary/aromatic N) is 1.